The molecule has 0 bridgehead atoms. The summed E-state index contributed by atoms with van der Waals surface area (Å²) in [5.41, 5.74) is 0.402. The summed E-state index contributed by atoms with van der Waals surface area (Å²) in [5.74, 6) is -0.725. The molecule has 18 heavy (non-hydrogen) atoms. The number of hydrogen-bond acceptors (Lipinski definition) is 3. The Morgan fingerprint density at radius 2 is 2.28 bits per heavy atom. The van der Waals surface area contributed by atoms with Crippen molar-refractivity contribution in [3.63, 3.8) is 0 Å². The van der Waals surface area contributed by atoms with Gasteiger partial charge in [0.05, 0.1) is 0 Å². The zero-order chi connectivity index (χ0) is 13.1. The number of nitrogens with zero attached hydrogens (tertiary/aromatic N) is 1. The number of hydrogen-bond donors (Lipinski definition) is 1. The van der Waals surface area contributed by atoms with E-state index < -0.39 is 12.1 Å². The molecule has 1 unspecified atom stereocenters. The van der Waals surface area contributed by atoms with E-state index >= 15 is 0 Å². The van der Waals surface area contributed by atoms with Gasteiger partial charge < -0.3 is 10.1 Å². The molecule has 0 aromatic heterocycles. The molecule has 1 aromatic rings. The Morgan fingerprint density at radius 1 is 1.56 bits per heavy atom. The first kappa shape index (κ1) is 12.3. The maximum Gasteiger partial charge on any atom is 0.410 e. The van der Waals surface area contributed by atoms with Crippen LogP contribution in [0.5, 0.6) is 0 Å². The number of nitrogens with one attached hydrogen (secondary N) is 1. The van der Waals surface area contributed by atoms with E-state index in [1.54, 1.807) is 18.2 Å². The predicted octanol–water partition coefficient (Wildman–Crippen LogP) is 0.892. The van der Waals surface area contributed by atoms with Crippen molar-refractivity contribution in [1.82, 2.24) is 10.2 Å². The number of ether oxygens (including phenoxy) is 1. The third-order valence-electron chi connectivity index (χ3n) is 2.83. The highest BCUT2D eigenvalue weighted by atomic mass is 19.1. The van der Waals surface area contributed by atoms with E-state index in [1.807, 2.05) is 0 Å². The number of benzene rings is 1. The van der Waals surface area contributed by atoms with Gasteiger partial charge in [0.2, 0.25) is 5.91 Å². The average molecular weight is 252 g/mol. The van der Waals surface area contributed by atoms with Crippen LogP contribution in [0.3, 0.4) is 0 Å². The largest absolute Gasteiger partial charge is 0.447 e. The Labute approximate surface area is 104 Å². The van der Waals surface area contributed by atoms with Crippen LogP contribution in [0.25, 0.3) is 0 Å². The van der Waals surface area contributed by atoms with Crippen molar-refractivity contribution in [3.05, 3.63) is 35.6 Å². The zero-order valence-corrected chi connectivity index (χ0v) is 9.85. The standard InChI is InChI=1S/C12H13FN2O3/c1-15-10(7-18-12(15)17)11(16)14-6-8-4-2-3-5-9(8)13/h2-5,10H,6-7H2,1H3,(H,14,16). The van der Waals surface area contributed by atoms with Gasteiger partial charge in [-0.15, -0.1) is 0 Å². The Morgan fingerprint density at radius 3 is 2.89 bits per heavy atom. The third-order valence-corrected chi connectivity index (χ3v) is 2.83. The van der Waals surface area contributed by atoms with Gasteiger partial charge in [0, 0.05) is 19.2 Å². The van der Waals surface area contributed by atoms with Gasteiger partial charge in [-0.1, -0.05) is 18.2 Å². The molecule has 0 spiro atoms. The molecule has 0 radical (unpaired) electrons. The lowest BCUT2D eigenvalue weighted by Crippen LogP contribution is -2.43. The summed E-state index contributed by atoms with van der Waals surface area (Å²) in [6, 6.07) is 5.55. The number of likely N-dealkylation sites (N-methyl/N-ethyl adjacent to an activating group) is 1. The van der Waals surface area contributed by atoms with Crippen LogP contribution in [0.15, 0.2) is 24.3 Å². The van der Waals surface area contributed by atoms with Crippen LogP contribution in [0.2, 0.25) is 0 Å². The number of rotatable bonds is 3. The Balaban J connectivity index is 1.93. The smallest absolute Gasteiger partial charge is 0.410 e. The van der Waals surface area contributed by atoms with Gasteiger partial charge in [0.25, 0.3) is 0 Å². The zero-order valence-electron chi connectivity index (χ0n) is 9.85. The fraction of sp³-hybridized carbons (Fsp3) is 0.333. The highest BCUT2D eigenvalue weighted by Gasteiger charge is 2.34. The molecular weight excluding hydrogens is 239 g/mol. The van der Waals surface area contributed by atoms with Crippen LogP contribution >= 0.6 is 0 Å². The van der Waals surface area contributed by atoms with Crippen molar-refractivity contribution in [1.29, 1.82) is 0 Å². The quantitative estimate of drug-likeness (QED) is 0.869. The van der Waals surface area contributed by atoms with Gasteiger partial charge in [-0.3, -0.25) is 9.69 Å². The van der Waals surface area contributed by atoms with Crippen molar-refractivity contribution < 1.29 is 18.7 Å². The summed E-state index contributed by atoms with van der Waals surface area (Å²) < 4.78 is 18.0. The first-order valence-electron chi connectivity index (χ1n) is 5.50. The first-order chi connectivity index (χ1) is 8.59. The topological polar surface area (TPSA) is 58.6 Å². The van der Waals surface area contributed by atoms with Crippen molar-refractivity contribution >= 4 is 12.0 Å². The van der Waals surface area contributed by atoms with Gasteiger partial charge in [0.15, 0.2) is 0 Å². The molecular formula is C12H13FN2O3. The fourth-order valence-electron chi connectivity index (χ4n) is 1.68. The molecule has 0 saturated carbocycles. The summed E-state index contributed by atoms with van der Waals surface area (Å²) >= 11 is 0. The molecule has 1 aliphatic heterocycles. The van der Waals surface area contributed by atoms with Crippen LogP contribution in [0.1, 0.15) is 5.56 Å². The van der Waals surface area contributed by atoms with Crippen molar-refractivity contribution in [3.8, 4) is 0 Å². The van der Waals surface area contributed by atoms with Crippen LogP contribution in [0.4, 0.5) is 9.18 Å². The van der Waals surface area contributed by atoms with Crippen LogP contribution < -0.4 is 5.32 Å². The van der Waals surface area contributed by atoms with E-state index in [0.29, 0.717) is 5.56 Å². The normalized spacial score (nSPS) is 18.7. The number of carbonyl (C=O) groups excluding carboxylic acids is 2. The minimum absolute atomic E-state index is 0.0262. The molecule has 1 N–H and O–H groups in total. The molecule has 1 aliphatic rings. The van der Waals surface area contributed by atoms with E-state index in [-0.39, 0.29) is 24.9 Å². The summed E-state index contributed by atoms with van der Waals surface area (Å²) in [5, 5.41) is 2.58. The summed E-state index contributed by atoms with van der Waals surface area (Å²) in [6.45, 7) is 0.114. The third kappa shape index (κ3) is 2.42. The highest BCUT2D eigenvalue weighted by molar-refractivity contribution is 5.87. The van der Waals surface area contributed by atoms with Crippen molar-refractivity contribution in [2.75, 3.05) is 13.7 Å². The van der Waals surface area contributed by atoms with Crippen LogP contribution in [-0.4, -0.2) is 36.6 Å². The number of halogens is 1. The molecule has 2 amide bonds. The lowest BCUT2D eigenvalue weighted by Gasteiger charge is -2.15. The molecule has 6 heteroatoms. The van der Waals surface area contributed by atoms with E-state index in [1.165, 1.54) is 18.0 Å². The highest BCUT2D eigenvalue weighted by Crippen LogP contribution is 2.10. The molecule has 1 aromatic carbocycles. The molecule has 1 atom stereocenters. The summed E-state index contributed by atoms with van der Waals surface area (Å²) in [6.07, 6.45) is -0.527. The van der Waals surface area contributed by atoms with Crippen molar-refractivity contribution in [2.45, 2.75) is 12.6 Å². The van der Waals surface area contributed by atoms with Crippen LogP contribution in [0, 0.1) is 5.82 Å². The molecule has 96 valence electrons. The SMILES string of the molecule is CN1C(=O)OCC1C(=O)NCc1ccccc1F. The van der Waals surface area contributed by atoms with E-state index in [9.17, 15) is 14.0 Å². The number of cyclic esters (lactones) is 1. The average Bonchev–Trinajstić information content (AvgIpc) is 2.69. The first-order valence-corrected chi connectivity index (χ1v) is 5.50. The molecule has 2 rings (SSSR count). The second kappa shape index (κ2) is 5.03. The molecule has 0 aliphatic carbocycles. The van der Waals surface area contributed by atoms with E-state index in [4.69, 9.17) is 4.74 Å². The van der Waals surface area contributed by atoms with Gasteiger partial charge in [-0.2, -0.15) is 0 Å². The minimum Gasteiger partial charge on any atom is -0.447 e. The van der Waals surface area contributed by atoms with Crippen LogP contribution in [-0.2, 0) is 16.1 Å². The second-order valence-corrected chi connectivity index (χ2v) is 4.01. The number of amides is 2. The lowest BCUT2D eigenvalue weighted by atomic mass is 10.2. The Hall–Kier alpha value is -2.11. The molecule has 1 fully saturated rings. The summed E-state index contributed by atoms with van der Waals surface area (Å²) in [7, 11) is 1.49. The molecule has 5 nitrogen and oxygen atoms in total. The van der Waals surface area contributed by atoms with Gasteiger partial charge >= 0.3 is 6.09 Å². The van der Waals surface area contributed by atoms with Gasteiger partial charge in [-0.25, -0.2) is 9.18 Å². The van der Waals surface area contributed by atoms with E-state index in [0.717, 1.165) is 0 Å². The Kier molecular flexibility index (Phi) is 3.45. The second-order valence-electron chi connectivity index (χ2n) is 4.01. The minimum atomic E-state index is -0.649. The van der Waals surface area contributed by atoms with E-state index in [2.05, 4.69) is 5.32 Å². The summed E-state index contributed by atoms with van der Waals surface area (Å²) in [4.78, 5) is 24.1. The van der Waals surface area contributed by atoms with Crippen molar-refractivity contribution in [2.24, 2.45) is 0 Å². The predicted molar refractivity (Wildman–Crippen MR) is 61.1 cm³/mol. The monoisotopic (exact) mass is 252 g/mol. The van der Waals surface area contributed by atoms with Gasteiger partial charge in [-0.05, 0) is 6.07 Å². The molecule has 1 heterocycles. The number of carbonyl (C=O) groups is 2. The fourth-order valence-corrected chi connectivity index (χ4v) is 1.68. The molecule has 1 saturated heterocycles. The lowest BCUT2D eigenvalue weighted by molar-refractivity contribution is -0.124. The Bertz CT molecular complexity index is 478. The van der Waals surface area contributed by atoms with Gasteiger partial charge in [0.1, 0.15) is 18.5 Å². The maximum atomic E-state index is 13.3. The maximum absolute atomic E-state index is 13.3.